The molecule has 0 unspecified atom stereocenters. The zero-order chi connectivity index (χ0) is 18.9. The molecular weight excluding hydrogens is 350 g/mol. The minimum absolute atomic E-state index is 0.105. The van der Waals surface area contributed by atoms with Crippen molar-refractivity contribution in [2.24, 2.45) is 0 Å². The van der Waals surface area contributed by atoms with E-state index in [1.165, 1.54) is 10.5 Å². The first-order valence-electron chi connectivity index (χ1n) is 8.62. The van der Waals surface area contributed by atoms with Gasteiger partial charge in [0.25, 0.3) is 5.91 Å². The van der Waals surface area contributed by atoms with E-state index in [0.717, 1.165) is 12.1 Å². The predicted octanol–water partition coefficient (Wildman–Crippen LogP) is 1.42. The fourth-order valence-corrected chi connectivity index (χ4v) is 2.72. The van der Waals surface area contributed by atoms with Gasteiger partial charge in [-0.15, -0.1) is 0 Å². The zero-order valence-corrected chi connectivity index (χ0v) is 15.9. The van der Waals surface area contributed by atoms with Crippen molar-refractivity contribution in [3.05, 3.63) is 70.2 Å². The van der Waals surface area contributed by atoms with Crippen molar-refractivity contribution in [3.63, 3.8) is 0 Å². The molecule has 2 rings (SSSR count). The van der Waals surface area contributed by atoms with Crippen LogP contribution in [0.2, 0.25) is 5.02 Å². The number of hydrogen-bond acceptors (Lipinski definition) is 2. The Morgan fingerprint density at radius 3 is 2.27 bits per heavy atom. The first kappa shape index (κ1) is 19.9. The van der Waals surface area contributed by atoms with Crippen LogP contribution in [0.15, 0.2) is 48.5 Å². The van der Waals surface area contributed by atoms with Crippen LogP contribution in [-0.2, 0) is 17.9 Å². The molecule has 0 bridgehead atoms. The predicted molar refractivity (Wildman–Crippen MR) is 103 cm³/mol. The Labute approximate surface area is 159 Å². The molecule has 6 heteroatoms. The fraction of sp³-hybridized carbons (Fsp3) is 0.300. The molecule has 5 nitrogen and oxygen atoms in total. The molecule has 0 atom stereocenters. The van der Waals surface area contributed by atoms with E-state index in [9.17, 15) is 9.59 Å². The van der Waals surface area contributed by atoms with Crippen LogP contribution >= 0.6 is 11.6 Å². The molecule has 0 aliphatic rings. The van der Waals surface area contributed by atoms with Crippen LogP contribution in [0.25, 0.3) is 0 Å². The lowest BCUT2D eigenvalue weighted by atomic mass is 10.1. The lowest BCUT2D eigenvalue weighted by molar-refractivity contribution is -0.872. The summed E-state index contributed by atoms with van der Waals surface area (Å²) < 4.78 is 0. The first-order chi connectivity index (χ1) is 12.5. The highest BCUT2D eigenvalue weighted by Crippen LogP contribution is 2.14. The van der Waals surface area contributed by atoms with Gasteiger partial charge in [-0.25, -0.2) is 0 Å². The second kappa shape index (κ2) is 9.94. The Morgan fingerprint density at radius 1 is 0.962 bits per heavy atom. The number of rotatable bonds is 8. The summed E-state index contributed by atoms with van der Waals surface area (Å²) in [4.78, 5) is 25.3. The highest BCUT2D eigenvalue weighted by atomic mass is 35.5. The SMILES string of the molecule is C[NH+](C)Cc1ccc(CNC(=O)CCNC(=O)c2ccccc2Cl)cc1. The first-order valence-corrected chi connectivity index (χ1v) is 9.00. The van der Waals surface area contributed by atoms with Crippen molar-refractivity contribution in [2.45, 2.75) is 19.5 Å². The summed E-state index contributed by atoms with van der Waals surface area (Å²) in [7, 11) is 4.22. The maximum atomic E-state index is 12.0. The van der Waals surface area contributed by atoms with E-state index in [1.54, 1.807) is 24.3 Å². The summed E-state index contributed by atoms with van der Waals surface area (Å²) >= 11 is 5.98. The molecule has 26 heavy (non-hydrogen) atoms. The smallest absolute Gasteiger partial charge is 0.252 e. The quantitative estimate of drug-likeness (QED) is 0.654. The Hall–Kier alpha value is -2.37. The Bertz CT molecular complexity index is 745. The standard InChI is InChI=1S/C20H24ClN3O2/c1-24(2)14-16-9-7-15(8-10-16)13-23-19(25)11-12-22-20(26)17-5-3-4-6-18(17)21/h3-10H,11-14H2,1-2H3,(H,22,26)(H,23,25)/p+1. The van der Waals surface area contributed by atoms with E-state index in [-0.39, 0.29) is 24.8 Å². The van der Waals surface area contributed by atoms with E-state index in [1.807, 2.05) is 12.1 Å². The number of quaternary nitrogens is 1. The largest absolute Gasteiger partial charge is 0.352 e. The van der Waals surface area contributed by atoms with Gasteiger partial charge in [-0.1, -0.05) is 48.0 Å². The van der Waals surface area contributed by atoms with Crippen molar-refractivity contribution in [2.75, 3.05) is 20.6 Å². The summed E-state index contributed by atoms with van der Waals surface area (Å²) in [5.74, 6) is -0.381. The molecule has 0 saturated heterocycles. The topological polar surface area (TPSA) is 62.6 Å². The van der Waals surface area contributed by atoms with Crippen molar-refractivity contribution in [3.8, 4) is 0 Å². The third-order valence-electron chi connectivity index (χ3n) is 3.83. The second-order valence-electron chi connectivity index (χ2n) is 6.46. The minimum atomic E-state index is -0.276. The molecule has 138 valence electrons. The van der Waals surface area contributed by atoms with E-state index in [4.69, 9.17) is 11.6 Å². The molecule has 0 fully saturated rings. The number of amides is 2. The van der Waals surface area contributed by atoms with Crippen LogP contribution in [0, 0.1) is 0 Å². The lowest BCUT2D eigenvalue weighted by Gasteiger charge is -2.09. The molecule has 2 aromatic rings. The maximum Gasteiger partial charge on any atom is 0.252 e. The Balaban J connectivity index is 1.70. The van der Waals surface area contributed by atoms with Gasteiger partial charge in [0.1, 0.15) is 6.54 Å². The van der Waals surface area contributed by atoms with Crippen molar-refractivity contribution in [1.29, 1.82) is 0 Å². The molecule has 0 aliphatic heterocycles. The average molecular weight is 375 g/mol. The molecular formula is C20H25ClN3O2+. The van der Waals surface area contributed by atoms with Crippen LogP contribution < -0.4 is 15.5 Å². The highest BCUT2D eigenvalue weighted by molar-refractivity contribution is 6.33. The van der Waals surface area contributed by atoms with Gasteiger partial charge in [-0.3, -0.25) is 9.59 Å². The number of nitrogens with one attached hydrogen (secondary N) is 3. The molecule has 2 amide bonds. The minimum Gasteiger partial charge on any atom is -0.352 e. The Morgan fingerprint density at radius 2 is 1.62 bits per heavy atom. The number of halogens is 1. The van der Waals surface area contributed by atoms with Crippen molar-refractivity contribution < 1.29 is 14.5 Å². The van der Waals surface area contributed by atoms with Gasteiger partial charge in [-0.05, 0) is 17.7 Å². The van der Waals surface area contributed by atoms with E-state index >= 15 is 0 Å². The second-order valence-corrected chi connectivity index (χ2v) is 6.87. The number of carbonyl (C=O) groups is 2. The van der Waals surface area contributed by atoms with Gasteiger partial charge >= 0.3 is 0 Å². The van der Waals surface area contributed by atoms with Crippen LogP contribution in [0.4, 0.5) is 0 Å². The van der Waals surface area contributed by atoms with Gasteiger partial charge in [0.2, 0.25) is 5.91 Å². The lowest BCUT2D eigenvalue weighted by Crippen LogP contribution is -3.04. The summed E-state index contributed by atoms with van der Waals surface area (Å²) in [5.41, 5.74) is 2.73. The molecule has 0 radical (unpaired) electrons. The van der Waals surface area contributed by atoms with E-state index in [0.29, 0.717) is 17.1 Å². The number of hydrogen-bond donors (Lipinski definition) is 3. The van der Waals surface area contributed by atoms with Crippen molar-refractivity contribution >= 4 is 23.4 Å². The van der Waals surface area contributed by atoms with Gasteiger partial charge in [-0.2, -0.15) is 0 Å². The van der Waals surface area contributed by atoms with Crippen molar-refractivity contribution in [1.82, 2.24) is 10.6 Å². The average Bonchev–Trinajstić information content (AvgIpc) is 2.61. The number of benzene rings is 2. The molecule has 0 aromatic heterocycles. The molecule has 0 heterocycles. The highest BCUT2D eigenvalue weighted by Gasteiger charge is 2.09. The summed E-state index contributed by atoms with van der Waals surface area (Å²) in [6, 6.07) is 15.0. The summed E-state index contributed by atoms with van der Waals surface area (Å²) in [6.07, 6.45) is 0.221. The van der Waals surface area contributed by atoms with Crippen LogP contribution in [0.5, 0.6) is 0 Å². The van der Waals surface area contributed by atoms with E-state index in [2.05, 4.69) is 36.9 Å². The molecule has 0 saturated carbocycles. The van der Waals surface area contributed by atoms with E-state index < -0.39 is 0 Å². The monoisotopic (exact) mass is 374 g/mol. The normalized spacial score (nSPS) is 10.6. The molecule has 0 aliphatic carbocycles. The zero-order valence-electron chi connectivity index (χ0n) is 15.1. The van der Waals surface area contributed by atoms with Gasteiger partial charge < -0.3 is 15.5 Å². The van der Waals surface area contributed by atoms with Gasteiger partial charge in [0.05, 0.1) is 24.7 Å². The maximum absolute atomic E-state index is 12.0. The third kappa shape index (κ3) is 6.50. The Kier molecular flexibility index (Phi) is 7.63. The summed E-state index contributed by atoms with van der Waals surface area (Å²) in [6.45, 7) is 1.71. The summed E-state index contributed by atoms with van der Waals surface area (Å²) in [5, 5.41) is 5.97. The third-order valence-corrected chi connectivity index (χ3v) is 4.16. The fourth-order valence-electron chi connectivity index (χ4n) is 2.50. The van der Waals surface area contributed by atoms with Crippen LogP contribution in [0.1, 0.15) is 27.9 Å². The molecule has 3 N–H and O–H groups in total. The van der Waals surface area contributed by atoms with Gasteiger partial charge in [0, 0.05) is 25.1 Å². The van der Waals surface area contributed by atoms with Gasteiger partial charge in [0.15, 0.2) is 0 Å². The van der Waals surface area contributed by atoms with Crippen LogP contribution in [-0.4, -0.2) is 32.5 Å². The number of carbonyl (C=O) groups excluding carboxylic acids is 2. The molecule has 0 spiro atoms. The van der Waals surface area contributed by atoms with Crippen LogP contribution in [0.3, 0.4) is 0 Å². The molecule has 2 aromatic carbocycles.